The van der Waals surface area contributed by atoms with Crippen molar-refractivity contribution in [3.05, 3.63) is 40.8 Å². The largest absolute Gasteiger partial charge is 0.472 e. The van der Waals surface area contributed by atoms with Crippen LogP contribution in [0.25, 0.3) is 11.0 Å². The van der Waals surface area contributed by atoms with E-state index in [1.54, 1.807) is 12.5 Å². The fraction of sp³-hybridized carbons (Fsp3) is 0.375. The lowest BCUT2D eigenvalue weighted by molar-refractivity contribution is 0.327. The van der Waals surface area contributed by atoms with Gasteiger partial charge in [0.25, 0.3) is 0 Å². The molecule has 0 amide bonds. The van der Waals surface area contributed by atoms with Crippen LogP contribution in [-0.4, -0.2) is 15.0 Å². The molecule has 116 valence electrons. The van der Waals surface area contributed by atoms with E-state index in [0.717, 1.165) is 33.3 Å². The number of hydrogen-bond donors (Lipinski definition) is 1. The van der Waals surface area contributed by atoms with Gasteiger partial charge in [-0.2, -0.15) is 0 Å². The third-order valence-corrected chi connectivity index (χ3v) is 4.12. The highest BCUT2D eigenvalue weighted by atomic mass is 79.9. The first-order valence-electron chi connectivity index (χ1n) is 7.21. The molecule has 0 aliphatic heterocycles. The van der Waals surface area contributed by atoms with Crippen LogP contribution in [-0.2, 0) is 13.1 Å². The van der Waals surface area contributed by atoms with Crippen LogP contribution in [0, 0.1) is 5.41 Å². The molecule has 0 unspecified atom stereocenters. The van der Waals surface area contributed by atoms with Crippen LogP contribution in [0.4, 0.5) is 5.69 Å². The highest BCUT2D eigenvalue weighted by Crippen LogP contribution is 2.31. The number of hydrogen-bond acceptors (Lipinski definition) is 4. The molecule has 22 heavy (non-hydrogen) atoms. The van der Waals surface area contributed by atoms with Crippen LogP contribution in [0.3, 0.4) is 0 Å². The van der Waals surface area contributed by atoms with Gasteiger partial charge in [0.2, 0.25) is 0 Å². The Balaban J connectivity index is 1.87. The summed E-state index contributed by atoms with van der Waals surface area (Å²) in [5, 5.41) is 12.0. The molecule has 2 aromatic heterocycles. The Labute approximate surface area is 137 Å². The number of rotatable bonds is 4. The Morgan fingerprint density at radius 3 is 2.77 bits per heavy atom. The van der Waals surface area contributed by atoms with Crippen LogP contribution in [0.15, 0.2) is 39.6 Å². The summed E-state index contributed by atoms with van der Waals surface area (Å²) in [6.45, 7) is 8.11. The van der Waals surface area contributed by atoms with Crippen LogP contribution >= 0.6 is 15.9 Å². The van der Waals surface area contributed by atoms with Crippen LogP contribution in [0.1, 0.15) is 26.3 Å². The smallest absolute Gasteiger partial charge is 0.129 e. The van der Waals surface area contributed by atoms with E-state index >= 15 is 0 Å². The number of nitrogens with zero attached hydrogens (tertiary/aromatic N) is 3. The first-order chi connectivity index (χ1) is 10.4. The molecule has 6 heteroatoms. The van der Waals surface area contributed by atoms with Crippen LogP contribution < -0.4 is 5.32 Å². The molecule has 0 saturated heterocycles. The average molecular weight is 363 g/mol. The Morgan fingerprint density at radius 2 is 2.09 bits per heavy atom. The zero-order valence-corrected chi connectivity index (χ0v) is 14.5. The van der Waals surface area contributed by atoms with Gasteiger partial charge in [0.1, 0.15) is 5.52 Å². The summed E-state index contributed by atoms with van der Waals surface area (Å²) in [6, 6.07) is 6.05. The second-order valence-electron chi connectivity index (χ2n) is 6.59. The number of aromatic nitrogens is 3. The summed E-state index contributed by atoms with van der Waals surface area (Å²) in [5.74, 6) is 0. The fourth-order valence-corrected chi connectivity index (χ4v) is 2.85. The predicted molar refractivity (Wildman–Crippen MR) is 90.7 cm³/mol. The molecule has 3 aromatic rings. The summed E-state index contributed by atoms with van der Waals surface area (Å²) in [4.78, 5) is 0. The summed E-state index contributed by atoms with van der Waals surface area (Å²) in [5.41, 5.74) is 4.17. The minimum absolute atomic E-state index is 0.158. The van der Waals surface area contributed by atoms with E-state index in [-0.39, 0.29) is 5.41 Å². The molecular weight excluding hydrogens is 344 g/mol. The van der Waals surface area contributed by atoms with Crippen molar-refractivity contribution in [1.29, 1.82) is 0 Å². The van der Waals surface area contributed by atoms with Crippen molar-refractivity contribution in [1.82, 2.24) is 15.0 Å². The van der Waals surface area contributed by atoms with Crippen molar-refractivity contribution in [2.24, 2.45) is 5.41 Å². The molecular formula is C16H19BrN4O. The quantitative estimate of drug-likeness (QED) is 0.744. The van der Waals surface area contributed by atoms with E-state index in [0.29, 0.717) is 6.54 Å². The number of benzene rings is 1. The maximum absolute atomic E-state index is 5.08. The zero-order chi connectivity index (χ0) is 15.7. The van der Waals surface area contributed by atoms with Gasteiger partial charge < -0.3 is 9.73 Å². The lowest BCUT2D eigenvalue weighted by atomic mass is 9.97. The molecule has 1 aromatic carbocycles. The molecule has 0 aliphatic carbocycles. The van der Waals surface area contributed by atoms with E-state index in [2.05, 4.69) is 64.5 Å². The fourth-order valence-electron chi connectivity index (χ4n) is 2.30. The number of halogens is 1. The third kappa shape index (κ3) is 3.16. The van der Waals surface area contributed by atoms with Gasteiger partial charge >= 0.3 is 0 Å². The second-order valence-corrected chi connectivity index (χ2v) is 7.38. The molecule has 0 saturated carbocycles. The van der Waals surface area contributed by atoms with E-state index in [1.165, 1.54) is 0 Å². The molecule has 0 fully saturated rings. The molecule has 2 heterocycles. The SMILES string of the molecule is CC(C)(C)Cn1nnc2c(Br)c(NCc3ccoc3)ccc21. The molecule has 3 rings (SSSR count). The minimum atomic E-state index is 0.158. The predicted octanol–water partition coefficient (Wildman–Crippen LogP) is 4.45. The van der Waals surface area contributed by atoms with Gasteiger partial charge in [-0.3, -0.25) is 0 Å². The van der Waals surface area contributed by atoms with Crippen molar-refractivity contribution in [2.75, 3.05) is 5.32 Å². The Morgan fingerprint density at radius 1 is 1.27 bits per heavy atom. The normalized spacial score (nSPS) is 12.0. The Bertz CT molecular complexity index is 771. The molecule has 0 aliphatic rings. The van der Waals surface area contributed by atoms with Gasteiger partial charge in [-0.15, -0.1) is 5.10 Å². The number of fused-ring (bicyclic) bond motifs is 1. The summed E-state index contributed by atoms with van der Waals surface area (Å²) < 4.78 is 7.97. The van der Waals surface area contributed by atoms with E-state index < -0.39 is 0 Å². The Hall–Kier alpha value is -1.82. The van der Waals surface area contributed by atoms with E-state index in [4.69, 9.17) is 4.42 Å². The Kier molecular flexibility index (Phi) is 3.95. The van der Waals surface area contributed by atoms with Crippen LogP contribution in [0.5, 0.6) is 0 Å². The van der Waals surface area contributed by atoms with Crippen LogP contribution in [0.2, 0.25) is 0 Å². The number of furan rings is 1. The number of anilines is 1. The van der Waals surface area contributed by atoms with Gasteiger partial charge in [-0.25, -0.2) is 4.68 Å². The van der Waals surface area contributed by atoms with Crippen molar-refractivity contribution >= 4 is 32.7 Å². The molecule has 0 bridgehead atoms. The average Bonchev–Trinajstić information content (AvgIpc) is 3.07. The van der Waals surface area contributed by atoms with Gasteiger partial charge in [0, 0.05) is 18.7 Å². The third-order valence-electron chi connectivity index (χ3n) is 3.31. The first-order valence-corrected chi connectivity index (χ1v) is 8.00. The van der Waals surface area contributed by atoms with Crippen molar-refractivity contribution in [3.63, 3.8) is 0 Å². The lowest BCUT2D eigenvalue weighted by Gasteiger charge is -2.18. The molecule has 0 radical (unpaired) electrons. The van der Waals surface area contributed by atoms with Gasteiger partial charge in [0.15, 0.2) is 0 Å². The lowest BCUT2D eigenvalue weighted by Crippen LogP contribution is -2.16. The van der Waals surface area contributed by atoms with E-state index in [9.17, 15) is 0 Å². The maximum Gasteiger partial charge on any atom is 0.129 e. The summed E-state index contributed by atoms with van der Waals surface area (Å²) >= 11 is 3.64. The minimum Gasteiger partial charge on any atom is -0.472 e. The van der Waals surface area contributed by atoms with Gasteiger partial charge in [-0.05, 0) is 39.5 Å². The molecule has 1 N–H and O–H groups in total. The first kappa shape index (κ1) is 15.1. The zero-order valence-electron chi connectivity index (χ0n) is 12.9. The van der Waals surface area contributed by atoms with Gasteiger partial charge in [-0.1, -0.05) is 26.0 Å². The number of nitrogens with one attached hydrogen (secondary N) is 1. The van der Waals surface area contributed by atoms with Crippen molar-refractivity contribution in [2.45, 2.75) is 33.9 Å². The summed E-state index contributed by atoms with van der Waals surface area (Å²) in [7, 11) is 0. The van der Waals surface area contributed by atoms with E-state index in [1.807, 2.05) is 10.7 Å². The highest BCUT2D eigenvalue weighted by Gasteiger charge is 2.16. The standard InChI is InChI=1S/C16H19BrN4O/c1-16(2,3)10-21-13-5-4-12(14(17)15(13)19-20-21)18-8-11-6-7-22-9-11/h4-7,9,18H,8,10H2,1-3H3. The maximum atomic E-state index is 5.08. The summed E-state index contributed by atoms with van der Waals surface area (Å²) in [6.07, 6.45) is 3.41. The molecule has 0 spiro atoms. The van der Waals surface area contributed by atoms with Crippen molar-refractivity contribution in [3.8, 4) is 0 Å². The monoisotopic (exact) mass is 362 g/mol. The van der Waals surface area contributed by atoms with Gasteiger partial charge in [0.05, 0.1) is 28.2 Å². The second kappa shape index (κ2) is 5.76. The highest BCUT2D eigenvalue weighted by molar-refractivity contribution is 9.10. The molecule has 0 atom stereocenters. The van der Waals surface area contributed by atoms with Crippen molar-refractivity contribution < 1.29 is 4.42 Å². The molecule has 5 nitrogen and oxygen atoms in total. The topological polar surface area (TPSA) is 55.9 Å².